The number of carbonyl (C=O) groups excluding carboxylic acids is 1. The van der Waals surface area contributed by atoms with E-state index in [4.69, 9.17) is 4.42 Å². The number of hydrogen-bond donors (Lipinski definition) is 0. The molecule has 2 heterocycles. The zero-order chi connectivity index (χ0) is 13.1. The van der Waals surface area contributed by atoms with Gasteiger partial charge < -0.3 is 9.32 Å². The normalized spacial score (nSPS) is 10.4. The molecule has 5 heteroatoms. The van der Waals surface area contributed by atoms with Crippen LogP contribution in [0.5, 0.6) is 0 Å². The van der Waals surface area contributed by atoms with Gasteiger partial charge in [-0.2, -0.15) is 0 Å². The van der Waals surface area contributed by atoms with Crippen molar-refractivity contribution in [1.82, 2.24) is 9.88 Å². The molecule has 1 amide bonds. The largest absolute Gasteiger partial charge is 0.444 e. The Morgan fingerprint density at radius 1 is 1.39 bits per heavy atom. The summed E-state index contributed by atoms with van der Waals surface area (Å²) in [6.45, 7) is 2.38. The Kier molecular flexibility index (Phi) is 3.81. The smallest absolute Gasteiger partial charge is 0.289 e. The van der Waals surface area contributed by atoms with E-state index in [2.05, 4.69) is 20.9 Å². The summed E-state index contributed by atoms with van der Waals surface area (Å²) in [4.78, 5) is 18.0. The van der Waals surface area contributed by atoms with Crippen LogP contribution in [-0.4, -0.2) is 22.8 Å². The van der Waals surface area contributed by atoms with E-state index in [0.717, 1.165) is 11.4 Å². The van der Waals surface area contributed by atoms with E-state index in [1.165, 1.54) is 0 Å². The molecule has 0 aliphatic rings. The van der Waals surface area contributed by atoms with E-state index in [1.807, 2.05) is 25.1 Å². The van der Waals surface area contributed by atoms with Crippen molar-refractivity contribution in [3.05, 3.63) is 52.1 Å². The van der Waals surface area contributed by atoms with Crippen molar-refractivity contribution < 1.29 is 9.21 Å². The summed E-state index contributed by atoms with van der Waals surface area (Å²) in [6, 6.07) is 9.10. The quantitative estimate of drug-likeness (QED) is 0.875. The minimum atomic E-state index is -0.163. The van der Waals surface area contributed by atoms with Crippen LogP contribution in [0, 0.1) is 6.92 Å². The molecule has 0 unspecified atom stereocenters. The van der Waals surface area contributed by atoms with E-state index in [9.17, 15) is 4.79 Å². The molecule has 0 bridgehead atoms. The van der Waals surface area contributed by atoms with Gasteiger partial charge in [0.15, 0.2) is 10.4 Å². The Morgan fingerprint density at radius 3 is 2.78 bits per heavy atom. The number of halogens is 1. The number of pyridine rings is 1. The highest BCUT2D eigenvalue weighted by atomic mass is 79.9. The molecule has 4 nitrogen and oxygen atoms in total. The third kappa shape index (κ3) is 2.98. The lowest BCUT2D eigenvalue weighted by Gasteiger charge is -2.15. The minimum Gasteiger partial charge on any atom is -0.444 e. The predicted octanol–water partition coefficient (Wildman–Crippen LogP) is 3.02. The zero-order valence-corrected chi connectivity index (χ0v) is 11.8. The molecule has 2 rings (SSSR count). The number of aryl methyl sites for hydroxylation is 1. The summed E-state index contributed by atoms with van der Waals surface area (Å²) in [5.41, 5.74) is 1.80. The average molecular weight is 309 g/mol. The first-order chi connectivity index (χ1) is 8.56. The van der Waals surface area contributed by atoms with Gasteiger partial charge in [-0.05, 0) is 47.1 Å². The Bertz CT molecular complexity index is 566. The van der Waals surface area contributed by atoms with Crippen molar-refractivity contribution in [2.24, 2.45) is 0 Å². The van der Waals surface area contributed by atoms with Crippen LogP contribution in [0.25, 0.3) is 0 Å². The average Bonchev–Trinajstić information content (AvgIpc) is 2.75. The summed E-state index contributed by atoms with van der Waals surface area (Å²) in [7, 11) is 1.72. The lowest BCUT2D eigenvalue weighted by atomic mass is 10.3. The lowest BCUT2D eigenvalue weighted by molar-refractivity contribution is 0.0750. The molecule has 94 valence electrons. The monoisotopic (exact) mass is 308 g/mol. The second-order valence-electron chi connectivity index (χ2n) is 4.04. The standard InChI is InChI=1S/C13H13BrN2O2/c1-9-4-3-5-10(15-9)8-16(2)13(17)11-6-7-12(14)18-11/h3-7H,8H2,1-2H3. The Morgan fingerprint density at radius 2 is 2.17 bits per heavy atom. The van der Waals surface area contributed by atoms with Crippen molar-refractivity contribution in [3.8, 4) is 0 Å². The van der Waals surface area contributed by atoms with Crippen LogP contribution < -0.4 is 0 Å². The molecule has 0 aromatic carbocycles. The molecule has 0 fully saturated rings. The maximum absolute atomic E-state index is 12.0. The summed E-state index contributed by atoms with van der Waals surface area (Å²) in [5, 5.41) is 0. The number of furan rings is 1. The minimum absolute atomic E-state index is 0.163. The van der Waals surface area contributed by atoms with E-state index in [-0.39, 0.29) is 5.91 Å². The molecule has 0 radical (unpaired) electrons. The van der Waals surface area contributed by atoms with Gasteiger partial charge in [-0.25, -0.2) is 0 Å². The highest BCUT2D eigenvalue weighted by Crippen LogP contribution is 2.16. The first-order valence-corrected chi connectivity index (χ1v) is 6.29. The molecule has 2 aromatic heterocycles. The molecule has 0 saturated carbocycles. The molecular formula is C13H13BrN2O2. The molecule has 0 N–H and O–H groups in total. The van der Waals surface area contributed by atoms with Gasteiger partial charge in [0, 0.05) is 12.7 Å². The van der Waals surface area contributed by atoms with Crippen molar-refractivity contribution in [2.75, 3.05) is 7.05 Å². The van der Waals surface area contributed by atoms with Gasteiger partial charge in [-0.15, -0.1) is 0 Å². The maximum atomic E-state index is 12.0. The first-order valence-electron chi connectivity index (χ1n) is 5.49. The number of hydrogen-bond acceptors (Lipinski definition) is 3. The van der Waals surface area contributed by atoms with Gasteiger partial charge >= 0.3 is 0 Å². The highest BCUT2D eigenvalue weighted by molar-refractivity contribution is 9.10. The van der Waals surface area contributed by atoms with Gasteiger partial charge in [-0.1, -0.05) is 6.07 Å². The molecule has 0 saturated heterocycles. The highest BCUT2D eigenvalue weighted by Gasteiger charge is 2.16. The van der Waals surface area contributed by atoms with E-state index in [0.29, 0.717) is 17.0 Å². The van der Waals surface area contributed by atoms with Gasteiger partial charge in [0.05, 0.1) is 12.2 Å². The summed E-state index contributed by atoms with van der Waals surface area (Å²) >= 11 is 3.18. The first kappa shape index (κ1) is 12.8. The van der Waals surface area contributed by atoms with Crippen LogP contribution in [0.3, 0.4) is 0 Å². The second-order valence-corrected chi connectivity index (χ2v) is 4.82. The van der Waals surface area contributed by atoms with Crippen molar-refractivity contribution in [3.63, 3.8) is 0 Å². The molecule has 2 aromatic rings. The SMILES string of the molecule is Cc1cccc(CN(C)C(=O)c2ccc(Br)o2)n1. The summed E-state index contributed by atoms with van der Waals surface area (Å²) in [6.07, 6.45) is 0. The van der Waals surface area contributed by atoms with E-state index < -0.39 is 0 Å². The number of aromatic nitrogens is 1. The van der Waals surface area contributed by atoms with Crippen LogP contribution in [0.2, 0.25) is 0 Å². The third-order valence-corrected chi connectivity index (χ3v) is 2.90. The number of carbonyl (C=O) groups is 1. The van der Waals surface area contributed by atoms with Crippen LogP contribution in [-0.2, 0) is 6.54 Å². The number of nitrogens with zero attached hydrogens (tertiary/aromatic N) is 2. The molecule has 18 heavy (non-hydrogen) atoms. The van der Waals surface area contributed by atoms with Crippen molar-refractivity contribution in [2.45, 2.75) is 13.5 Å². The molecule has 0 spiro atoms. The topological polar surface area (TPSA) is 46.3 Å². The lowest BCUT2D eigenvalue weighted by Crippen LogP contribution is -2.26. The Labute approximate surface area is 114 Å². The van der Waals surface area contributed by atoms with Crippen molar-refractivity contribution in [1.29, 1.82) is 0 Å². The van der Waals surface area contributed by atoms with Crippen molar-refractivity contribution >= 4 is 21.8 Å². The Balaban J connectivity index is 2.08. The second kappa shape index (κ2) is 5.35. The van der Waals surface area contributed by atoms with Gasteiger partial charge in [0.25, 0.3) is 5.91 Å². The van der Waals surface area contributed by atoms with Gasteiger partial charge in [-0.3, -0.25) is 9.78 Å². The summed E-state index contributed by atoms with van der Waals surface area (Å²) < 4.78 is 5.78. The third-order valence-electron chi connectivity index (χ3n) is 2.48. The molecular weight excluding hydrogens is 296 g/mol. The summed E-state index contributed by atoms with van der Waals surface area (Å²) in [5.74, 6) is 0.154. The van der Waals surface area contributed by atoms with E-state index in [1.54, 1.807) is 24.1 Å². The zero-order valence-electron chi connectivity index (χ0n) is 10.2. The van der Waals surface area contributed by atoms with Crippen LogP contribution in [0.15, 0.2) is 39.4 Å². The van der Waals surface area contributed by atoms with Crippen LogP contribution in [0.1, 0.15) is 21.9 Å². The van der Waals surface area contributed by atoms with Gasteiger partial charge in [0.1, 0.15) is 0 Å². The maximum Gasteiger partial charge on any atom is 0.289 e. The predicted molar refractivity (Wildman–Crippen MR) is 71.2 cm³/mol. The van der Waals surface area contributed by atoms with E-state index >= 15 is 0 Å². The molecule has 0 aliphatic carbocycles. The van der Waals surface area contributed by atoms with Gasteiger partial charge in [0.2, 0.25) is 0 Å². The van der Waals surface area contributed by atoms with Crippen LogP contribution in [0.4, 0.5) is 0 Å². The molecule has 0 atom stereocenters. The number of rotatable bonds is 3. The van der Waals surface area contributed by atoms with Crippen LogP contribution >= 0.6 is 15.9 Å². The Hall–Kier alpha value is -1.62. The fourth-order valence-electron chi connectivity index (χ4n) is 1.62. The fourth-order valence-corrected chi connectivity index (χ4v) is 1.93. The fraction of sp³-hybridized carbons (Fsp3) is 0.231. The number of amides is 1. The molecule has 0 aliphatic heterocycles.